The summed E-state index contributed by atoms with van der Waals surface area (Å²) in [5.41, 5.74) is 2.89. The molecule has 3 rings (SSSR count). The van der Waals surface area contributed by atoms with Crippen molar-refractivity contribution >= 4 is 99.7 Å². The van der Waals surface area contributed by atoms with E-state index in [9.17, 15) is 4.79 Å². The summed E-state index contributed by atoms with van der Waals surface area (Å²) in [5.74, 6) is -0.889. The fourth-order valence-electron chi connectivity index (χ4n) is 2.29. The van der Waals surface area contributed by atoms with Gasteiger partial charge in [-0.05, 0) is 29.3 Å². The first-order valence-electron chi connectivity index (χ1n) is 8.16. The van der Waals surface area contributed by atoms with Crippen molar-refractivity contribution in [1.82, 2.24) is 0 Å². The van der Waals surface area contributed by atoms with Gasteiger partial charge in [0.05, 0.1) is 28.8 Å². The quantitative estimate of drug-likeness (QED) is 0.507. The Balaban J connectivity index is 0.000000667. The molecule has 8 heteroatoms. The Bertz CT molecular complexity index is 876. The van der Waals surface area contributed by atoms with E-state index in [0.29, 0.717) is 27.0 Å². The third-order valence-corrected chi connectivity index (χ3v) is 4.24. The molecule has 0 aliphatic rings. The molecule has 3 aromatic rings. The van der Waals surface area contributed by atoms with Crippen molar-refractivity contribution in [3.05, 3.63) is 94.0 Å². The van der Waals surface area contributed by atoms with E-state index in [-0.39, 0.29) is 72.1 Å². The van der Waals surface area contributed by atoms with Gasteiger partial charge in [-0.1, -0.05) is 77.8 Å². The molecule has 0 radical (unpaired) electrons. The number of para-hydroxylation sites is 2. The minimum absolute atomic E-state index is 0. The molecule has 29 heavy (non-hydrogen) atoms. The predicted octanol–water partition coefficient (Wildman–Crippen LogP) is 4.25. The Kier molecular flexibility index (Phi) is 15.0. The van der Waals surface area contributed by atoms with Crippen molar-refractivity contribution in [3.63, 3.8) is 0 Å². The number of hydrogen-bond donors (Lipinski definition) is 3. The molecule has 0 saturated heterocycles. The minimum atomic E-state index is -0.889. The second-order valence-electron chi connectivity index (χ2n) is 5.59. The van der Waals surface area contributed by atoms with Gasteiger partial charge in [-0.2, -0.15) is 0 Å². The molecular weight excluding hydrogens is 431 g/mol. The van der Waals surface area contributed by atoms with Gasteiger partial charge in [0.25, 0.3) is 0 Å². The monoisotopic (exact) mass is 451 g/mol. The Labute approximate surface area is 224 Å². The SMILES string of the molecule is O=C(O)Cc1ccccc1Nc1c(Cl)cccc1Cl.OCc1ccccc1.[NaH].[NaH]. The van der Waals surface area contributed by atoms with Crippen LogP contribution in [0.4, 0.5) is 11.4 Å². The number of aliphatic carboxylic acids is 1. The summed E-state index contributed by atoms with van der Waals surface area (Å²) in [7, 11) is 0. The van der Waals surface area contributed by atoms with Crippen LogP contribution in [0.1, 0.15) is 11.1 Å². The predicted molar refractivity (Wildman–Crippen MR) is 124 cm³/mol. The van der Waals surface area contributed by atoms with E-state index in [4.69, 9.17) is 33.4 Å². The Morgan fingerprint density at radius 1 is 0.828 bits per heavy atom. The van der Waals surface area contributed by atoms with Crippen LogP contribution in [0.5, 0.6) is 0 Å². The number of aliphatic hydroxyl groups is 1. The second-order valence-corrected chi connectivity index (χ2v) is 6.41. The van der Waals surface area contributed by atoms with Crippen LogP contribution in [0.2, 0.25) is 10.0 Å². The number of aliphatic hydroxyl groups excluding tert-OH is 1. The molecule has 0 heterocycles. The summed E-state index contributed by atoms with van der Waals surface area (Å²) in [6, 6.07) is 21.9. The number of nitrogens with one attached hydrogen (secondary N) is 1. The van der Waals surface area contributed by atoms with Crippen molar-refractivity contribution in [2.75, 3.05) is 5.32 Å². The van der Waals surface area contributed by atoms with Crippen LogP contribution < -0.4 is 5.32 Å². The molecular formula is C21H21Cl2NNa2O3. The fourth-order valence-corrected chi connectivity index (χ4v) is 2.79. The number of rotatable bonds is 5. The van der Waals surface area contributed by atoms with Crippen LogP contribution >= 0.6 is 23.2 Å². The zero-order valence-electron chi connectivity index (χ0n) is 14.4. The maximum atomic E-state index is 10.8. The van der Waals surface area contributed by atoms with Crippen LogP contribution in [0, 0.1) is 0 Å². The van der Waals surface area contributed by atoms with E-state index in [1.54, 1.807) is 36.4 Å². The number of halogens is 2. The average molecular weight is 452 g/mol. The maximum absolute atomic E-state index is 10.8. The number of carbonyl (C=O) groups is 1. The van der Waals surface area contributed by atoms with Crippen LogP contribution in [-0.4, -0.2) is 75.3 Å². The van der Waals surface area contributed by atoms with E-state index in [2.05, 4.69) is 5.32 Å². The van der Waals surface area contributed by atoms with E-state index in [0.717, 1.165) is 5.56 Å². The summed E-state index contributed by atoms with van der Waals surface area (Å²) in [4.78, 5) is 10.8. The first-order valence-corrected chi connectivity index (χ1v) is 8.92. The topological polar surface area (TPSA) is 69.6 Å². The molecule has 0 aliphatic heterocycles. The van der Waals surface area contributed by atoms with Crippen molar-refractivity contribution in [2.45, 2.75) is 13.0 Å². The summed E-state index contributed by atoms with van der Waals surface area (Å²) in [6.45, 7) is 0.140. The third-order valence-electron chi connectivity index (χ3n) is 3.61. The molecule has 144 valence electrons. The molecule has 4 nitrogen and oxygen atoms in total. The van der Waals surface area contributed by atoms with Gasteiger partial charge in [-0.25, -0.2) is 0 Å². The Morgan fingerprint density at radius 2 is 1.38 bits per heavy atom. The van der Waals surface area contributed by atoms with Gasteiger partial charge in [0.15, 0.2) is 0 Å². The van der Waals surface area contributed by atoms with Gasteiger partial charge in [0.1, 0.15) is 0 Å². The molecule has 0 spiro atoms. The molecule has 3 N–H and O–H groups in total. The van der Waals surface area contributed by atoms with Gasteiger partial charge in [-0.15, -0.1) is 0 Å². The van der Waals surface area contributed by atoms with Crippen LogP contribution in [-0.2, 0) is 17.8 Å². The van der Waals surface area contributed by atoms with E-state index >= 15 is 0 Å². The van der Waals surface area contributed by atoms with Crippen molar-refractivity contribution in [3.8, 4) is 0 Å². The molecule has 0 atom stereocenters. The molecule has 0 amide bonds. The average Bonchev–Trinajstić information content (AvgIpc) is 2.67. The summed E-state index contributed by atoms with van der Waals surface area (Å²) < 4.78 is 0. The van der Waals surface area contributed by atoms with Crippen molar-refractivity contribution in [1.29, 1.82) is 0 Å². The summed E-state index contributed by atoms with van der Waals surface area (Å²) in [6.07, 6.45) is -0.0642. The van der Waals surface area contributed by atoms with Crippen LogP contribution in [0.25, 0.3) is 0 Å². The van der Waals surface area contributed by atoms with Gasteiger partial charge in [0.2, 0.25) is 0 Å². The normalized spacial score (nSPS) is 9.21. The fraction of sp³-hybridized carbons (Fsp3) is 0.0952. The zero-order valence-corrected chi connectivity index (χ0v) is 15.9. The number of carboxylic acids is 1. The van der Waals surface area contributed by atoms with E-state index < -0.39 is 5.97 Å². The van der Waals surface area contributed by atoms with E-state index in [1.165, 1.54) is 0 Å². The Morgan fingerprint density at radius 3 is 1.90 bits per heavy atom. The molecule has 0 aromatic heterocycles. The van der Waals surface area contributed by atoms with Crippen molar-refractivity contribution in [2.24, 2.45) is 0 Å². The van der Waals surface area contributed by atoms with Crippen molar-refractivity contribution < 1.29 is 15.0 Å². The molecule has 3 aromatic carbocycles. The molecule has 0 bridgehead atoms. The number of anilines is 2. The zero-order chi connectivity index (χ0) is 19.6. The van der Waals surface area contributed by atoms with Crippen LogP contribution in [0.15, 0.2) is 72.8 Å². The second kappa shape index (κ2) is 15.3. The molecule has 0 fully saturated rings. The standard InChI is InChI=1S/C14H11Cl2NO2.C7H8O.2Na.2H/c15-10-5-3-6-11(16)14(10)17-12-7-2-1-4-9(12)8-13(18)19;8-6-7-4-2-1-3-5-7;;;;/h1-7,17H,8H2,(H,18,19);1-5,8H,6H2;;;;. The van der Waals surface area contributed by atoms with Gasteiger partial charge < -0.3 is 15.5 Å². The Hall–Kier alpha value is -0.530. The van der Waals surface area contributed by atoms with E-state index in [1.807, 2.05) is 36.4 Å². The third kappa shape index (κ3) is 9.88. The molecule has 0 aliphatic carbocycles. The first-order chi connectivity index (χ1) is 13.0. The summed E-state index contributed by atoms with van der Waals surface area (Å²) >= 11 is 12.1. The molecule has 0 unspecified atom stereocenters. The molecule has 0 saturated carbocycles. The summed E-state index contributed by atoms with van der Waals surface area (Å²) in [5, 5.41) is 21.5. The van der Waals surface area contributed by atoms with Crippen LogP contribution in [0.3, 0.4) is 0 Å². The first kappa shape index (κ1) is 28.5. The number of benzene rings is 3. The van der Waals surface area contributed by atoms with Gasteiger partial charge in [-0.3, -0.25) is 4.79 Å². The van der Waals surface area contributed by atoms with Gasteiger partial charge >= 0.3 is 65.1 Å². The van der Waals surface area contributed by atoms with Gasteiger partial charge in [0, 0.05) is 5.69 Å². The number of carboxylic acid groups (broad SMARTS) is 1. The number of hydrogen-bond acceptors (Lipinski definition) is 3.